The molecule has 2 rings (SSSR count). The molecule has 0 radical (unpaired) electrons. The lowest BCUT2D eigenvalue weighted by Crippen LogP contribution is -2.17. The first-order valence-corrected chi connectivity index (χ1v) is 5.23. The molecular formula is C12H14N2O3. The van der Waals surface area contributed by atoms with Crippen LogP contribution in [0.3, 0.4) is 0 Å². The molecule has 0 unspecified atom stereocenters. The van der Waals surface area contributed by atoms with E-state index in [-0.39, 0.29) is 12.2 Å². The van der Waals surface area contributed by atoms with Gasteiger partial charge in [0.05, 0.1) is 25.0 Å². The number of ether oxygens (including phenoxy) is 1. The van der Waals surface area contributed by atoms with Crippen LogP contribution in [0, 0.1) is 6.92 Å². The normalized spacial score (nSPS) is 10.5. The van der Waals surface area contributed by atoms with Gasteiger partial charge in [0, 0.05) is 11.8 Å². The van der Waals surface area contributed by atoms with Crippen LogP contribution in [0.15, 0.2) is 29.1 Å². The van der Waals surface area contributed by atoms with Gasteiger partial charge in [-0.1, -0.05) is 6.07 Å². The van der Waals surface area contributed by atoms with Crippen molar-refractivity contribution in [3.63, 3.8) is 0 Å². The zero-order valence-corrected chi connectivity index (χ0v) is 9.73. The lowest BCUT2D eigenvalue weighted by atomic mass is 10.3. The molecule has 0 spiro atoms. The SMILES string of the molecule is COc1cccc(-n2[nH]c(C)c(CO)c2=O)c1. The van der Waals surface area contributed by atoms with Crippen molar-refractivity contribution in [3.8, 4) is 11.4 Å². The van der Waals surface area contributed by atoms with Gasteiger partial charge in [-0.15, -0.1) is 0 Å². The average molecular weight is 234 g/mol. The number of H-pyrrole nitrogens is 1. The summed E-state index contributed by atoms with van der Waals surface area (Å²) in [5.41, 5.74) is 1.49. The van der Waals surface area contributed by atoms with Crippen molar-refractivity contribution >= 4 is 0 Å². The van der Waals surface area contributed by atoms with Gasteiger partial charge in [0.1, 0.15) is 5.75 Å². The smallest absolute Gasteiger partial charge is 0.277 e. The number of nitrogens with zero attached hydrogens (tertiary/aromatic N) is 1. The van der Waals surface area contributed by atoms with Crippen LogP contribution in [-0.4, -0.2) is 22.0 Å². The van der Waals surface area contributed by atoms with Crippen LogP contribution in [0.25, 0.3) is 5.69 Å². The van der Waals surface area contributed by atoms with Crippen molar-refractivity contribution in [1.82, 2.24) is 9.78 Å². The molecule has 2 aromatic rings. The predicted octanol–water partition coefficient (Wildman–Crippen LogP) is 0.975. The van der Waals surface area contributed by atoms with E-state index in [9.17, 15) is 4.79 Å². The molecule has 1 aromatic carbocycles. The Morgan fingerprint density at radius 1 is 1.47 bits per heavy atom. The Kier molecular flexibility index (Phi) is 3.01. The second-order valence-corrected chi connectivity index (χ2v) is 3.72. The molecule has 0 bridgehead atoms. The van der Waals surface area contributed by atoms with Crippen LogP contribution in [0.4, 0.5) is 0 Å². The molecule has 0 aliphatic carbocycles. The van der Waals surface area contributed by atoms with Crippen molar-refractivity contribution in [3.05, 3.63) is 45.9 Å². The quantitative estimate of drug-likeness (QED) is 0.831. The van der Waals surface area contributed by atoms with Gasteiger partial charge >= 0.3 is 0 Å². The van der Waals surface area contributed by atoms with Crippen molar-refractivity contribution in [2.45, 2.75) is 13.5 Å². The number of nitrogens with one attached hydrogen (secondary N) is 1. The maximum atomic E-state index is 12.0. The predicted molar refractivity (Wildman–Crippen MR) is 63.6 cm³/mol. The molecule has 0 fully saturated rings. The minimum absolute atomic E-state index is 0.238. The standard InChI is InChI=1S/C12H14N2O3/c1-8-11(7-15)12(16)14(13-8)9-4-3-5-10(6-9)17-2/h3-6,13,15H,7H2,1-2H3. The van der Waals surface area contributed by atoms with Crippen molar-refractivity contribution in [2.24, 2.45) is 0 Å². The molecule has 5 heteroatoms. The number of hydrogen-bond acceptors (Lipinski definition) is 3. The van der Waals surface area contributed by atoms with Gasteiger partial charge in [-0.05, 0) is 19.1 Å². The molecule has 0 aliphatic rings. The molecule has 0 saturated heterocycles. The summed E-state index contributed by atoms with van der Waals surface area (Å²) in [7, 11) is 1.57. The Morgan fingerprint density at radius 3 is 2.82 bits per heavy atom. The topological polar surface area (TPSA) is 67.2 Å². The molecule has 0 saturated carbocycles. The zero-order valence-electron chi connectivity index (χ0n) is 9.73. The Labute approximate surface area is 98.3 Å². The molecule has 5 nitrogen and oxygen atoms in total. The van der Waals surface area contributed by atoms with Gasteiger partial charge in [-0.2, -0.15) is 0 Å². The van der Waals surface area contributed by atoms with Gasteiger partial charge in [0.15, 0.2) is 0 Å². The van der Waals surface area contributed by atoms with E-state index in [1.165, 1.54) is 4.68 Å². The summed E-state index contributed by atoms with van der Waals surface area (Å²) < 4.78 is 6.49. The van der Waals surface area contributed by atoms with E-state index in [0.29, 0.717) is 22.7 Å². The van der Waals surface area contributed by atoms with Crippen LogP contribution >= 0.6 is 0 Å². The minimum atomic E-state index is -0.266. The highest BCUT2D eigenvalue weighted by Gasteiger charge is 2.11. The molecule has 0 amide bonds. The third-order valence-electron chi connectivity index (χ3n) is 2.66. The summed E-state index contributed by atoms with van der Waals surface area (Å²) in [6.07, 6.45) is 0. The van der Waals surface area contributed by atoms with Crippen LogP contribution in [0.5, 0.6) is 5.75 Å². The molecule has 90 valence electrons. The van der Waals surface area contributed by atoms with E-state index in [2.05, 4.69) is 5.10 Å². The first kappa shape index (κ1) is 11.5. The Balaban J connectivity index is 2.57. The Hall–Kier alpha value is -2.01. The molecule has 1 aromatic heterocycles. The summed E-state index contributed by atoms with van der Waals surface area (Å²) in [6.45, 7) is 1.49. The molecule has 2 N–H and O–H groups in total. The lowest BCUT2D eigenvalue weighted by Gasteiger charge is -2.04. The van der Waals surface area contributed by atoms with Crippen molar-refractivity contribution in [1.29, 1.82) is 0 Å². The van der Waals surface area contributed by atoms with Crippen molar-refractivity contribution < 1.29 is 9.84 Å². The van der Waals surface area contributed by atoms with Gasteiger partial charge in [0.25, 0.3) is 5.56 Å². The summed E-state index contributed by atoms with van der Waals surface area (Å²) in [5, 5.41) is 12.0. The van der Waals surface area contributed by atoms with E-state index >= 15 is 0 Å². The van der Waals surface area contributed by atoms with E-state index < -0.39 is 0 Å². The molecule has 0 aliphatic heterocycles. The summed E-state index contributed by atoms with van der Waals surface area (Å²) in [4.78, 5) is 12.0. The first-order chi connectivity index (χ1) is 8.17. The third-order valence-corrected chi connectivity index (χ3v) is 2.66. The largest absolute Gasteiger partial charge is 0.497 e. The number of benzene rings is 1. The first-order valence-electron chi connectivity index (χ1n) is 5.23. The van der Waals surface area contributed by atoms with E-state index in [1.807, 2.05) is 0 Å². The number of hydrogen-bond donors (Lipinski definition) is 2. The lowest BCUT2D eigenvalue weighted by molar-refractivity contribution is 0.280. The summed E-state index contributed by atoms with van der Waals surface area (Å²) in [6, 6.07) is 7.15. The van der Waals surface area contributed by atoms with Crippen LogP contribution in [-0.2, 0) is 6.61 Å². The number of aryl methyl sites for hydroxylation is 1. The number of aliphatic hydroxyl groups is 1. The van der Waals surface area contributed by atoms with E-state index in [1.54, 1.807) is 38.3 Å². The van der Waals surface area contributed by atoms with Crippen LogP contribution < -0.4 is 10.3 Å². The number of aromatic nitrogens is 2. The summed E-state index contributed by atoms with van der Waals surface area (Å²) >= 11 is 0. The van der Waals surface area contributed by atoms with Gasteiger partial charge in [-0.3, -0.25) is 9.89 Å². The average Bonchev–Trinajstić information content (AvgIpc) is 2.64. The summed E-state index contributed by atoms with van der Waals surface area (Å²) in [5.74, 6) is 0.673. The second-order valence-electron chi connectivity index (χ2n) is 3.72. The fraction of sp³-hybridized carbons (Fsp3) is 0.250. The highest BCUT2D eigenvalue weighted by molar-refractivity contribution is 5.39. The van der Waals surface area contributed by atoms with E-state index in [0.717, 1.165) is 0 Å². The van der Waals surface area contributed by atoms with E-state index in [4.69, 9.17) is 9.84 Å². The second kappa shape index (κ2) is 4.47. The highest BCUT2D eigenvalue weighted by Crippen LogP contribution is 2.15. The van der Waals surface area contributed by atoms with Crippen LogP contribution in [0.1, 0.15) is 11.3 Å². The number of aromatic amines is 1. The number of methoxy groups -OCH3 is 1. The number of aliphatic hydroxyl groups excluding tert-OH is 1. The van der Waals surface area contributed by atoms with Gasteiger partial charge in [-0.25, -0.2) is 4.68 Å². The van der Waals surface area contributed by atoms with Crippen LogP contribution in [0.2, 0.25) is 0 Å². The fourth-order valence-electron chi connectivity index (χ4n) is 1.70. The fourth-order valence-corrected chi connectivity index (χ4v) is 1.70. The monoisotopic (exact) mass is 234 g/mol. The third kappa shape index (κ3) is 1.97. The van der Waals surface area contributed by atoms with Gasteiger partial charge < -0.3 is 9.84 Å². The van der Waals surface area contributed by atoms with Gasteiger partial charge in [0.2, 0.25) is 0 Å². The highest BCUT2D eigenvalue weighted by atomic mass is 16.5. The minimum Gasteiger partial charge on any atom is -0.497 e. The van der Waals surface area contributed by atoms with Crippen molar-refractivity contribution in [2.75, 3.05) is 7.11 Å². The molecule has 17 heavy (non-hydrogen) atoms. The maximum Gasteiger partial charge on any atom is 0.277 e. The zero-order chi connectivity index (χ0) is 12.4. The molecule has 0 atom stereocenters. The maximum absolute atomic E-state index is 12.0. The Morgan fingerprint density at radius 2 is 2.24 bits per heavy atom. The molecule has 1 heterocycles. The molecular weight excluding hydrogens is 220 g/mol. The number of rotatable bonds is 3. The Bertz CT molecular complexity index is 584.